The molecule has 2 rings (SSSR count). The van der Waals surface area contributed by atoms with Gasteiger partial charge in [-0.25, -0.2) is 0 Å². The van der Waals surface area contributed by atoms with Crippen LogP contribution in [-0.2, 0) is 0 Å². The van der Waals surface area contributed by atoms with Gasteiger partial charge in [0.25, 0.3) is 0 Å². The van der Waals surface area contributed by atoms with E-state index in [2.05, 4.69) is 29.1 Å². The van der Waals surface area contributed by atoms with E-state index < -0.39 is 0 Å². The molecule has 0 bridgehead atoms. The highest BCUT2D eigenvalue weighted by Crippen LogP contribution is 2.30. The Morgan fingerprint density at radius 3 is 3.00 bits per heavy atom. The molecule has 1 fully saturated rings. The van der Waals surface area contributed by atoms with E-state index in [1.165, 1.54) is 50.8 Å². The summed E-state index contributed by atoms with van der Waals surface area (Å²) in [6.45, 7) is 4.75. The van der Waals surface area contributed by atoms with E-state index >= 15 is 0 Å². The summed E-state index contributed by atoms with van der Waals surface area (Å²) >= 11 is 5.10. The fourth-order valence-corrected chi connectivity index (χ4v) is 2.75. The van der Waals surface area contributed by atoms with E-state index in [1.807, 2.05) is 6.07 Å². The van der Waals surface area contributed by atoms with Crippen molar-refractivity contribution in [1.82, 2.24) is 9.88 Å². The SMILES string of the molecule is CCCCN1CCCC[C@H]1c1ccc(=S)[nH]c1. The van der Waals surface area contributed by atoms with Crippen molar-refractivity contribution in [1.29, 1.82) is 0 Å². The Hall–Kier alpha value is -0.670. The lowest BCUT2D eigenvalue weighted by atomic mass is 9.96. The van der Waals surface area contributed by atoms with Crippen molar-refractivity contribution in [2.75, 3.05) is 13.1 Å². The number of H-pyrrole nitrogens is 1. The molecule has 1 saturated heterocycles. The summed E-state index contributed by atoms with van der Waals surface area (Å²) in [5.41, 5.74) is 1.40. The molecule has 0 spiro atoms. The standard InChI is InChI=1S/C14H22N2S/c1-2-3-9-16-10-5-4-6-13(16)12-7-8-14(17)15-11-12/h7-8,11,13H,2-6,9-10H2,1H3,(H,15,17)/t13-/m0/s1. The highest BCUT2D eigenvalue weighted by atomic mass is 32.1. The van der Waals surface area contributed by atoms with Crippen molar-refractivity contribution < 1.29 is 0 Å². The summed E-state index contributed by atoms with van der Waals surface area (Å²) in [4.78, 5) is 5.80. The van der Waals surface area contributed by atoms with Crippen LogP contribution in [0.4, 0.5) is 0 Å². The fourth-order valence-electron chi connectivity index (χ4n) is 2.63. The first-order valence-electron chi connectivity index (χ1n) is 6.74. The third kappa shape index (κ3) is 3.39. The molecule has 94 valence electrons. The molecule has 1 aromatic heterocycles. The Labute approximate surface area is 109 Å². The molecule has 0 radical (unpaired) electrons. The molecule has 17 heavy (non-hydrogen) atoms. The van der Waals surface area contributed by atoms with Gasteiger partial charge in [-0.05, 0) is 44.0 Å². The van der Waals surface area contributed by atoms with E-state index in [4.69, 9.17) is 12.2 Å². The lowest BCUT2D eigenvalue weighted by molar-refractivity contribution is 0.146. The fraction of sp³-hybridized carbons (Fsp3) is 0.643. The first-order valence-corrected chi connectivity index (χ1v) is 7.15. The van der Waals surface area contributed by atoms with Crippen molar-refractivity contribution in [3.05, 3.63) is 28.5 Å². The molecule has 3 heteroatoms. The molecule has 1 aromatic rings. The van der Waals surface area contributed by atoms with Crippen molar-refractivity contribution in [3.63, 3.8) is 0 Å². The third-order valence-corrected chi connectivity index (χ3v) is 3.86. The van der Waals surface area contributed by atoms with Crippen LogP contribution in [0.15, 0.2) is 18.3 Å². The number of aromatic amines is 1. The second kappa shape index (κ2) is 6.31. The molecule has 0 unspecified atom stereocenters. The van der Waals surface area contributed by atoms with Crippen LogP contribution >= 0.6 is 12.2 Å². The molecule has 1 atom stereocenters. The van der Waals surface area contributed by atoms with Crippen LogP contribution in [0.25, 0.3) is 0 Å². The van der Waals surface area contributed by atoms with Crippen LogP contribution in [0.2, 0.25) is 0 Å². The van der Waals surface area contributed by atoms with Crippen molar-refractivity contribution in [2.24, 2.45) is 0 Å². The summed E-state index contributed by atoms with van der Waals surface area (Å²) in [6, 6.07) is 4.80. The topological polar surface area (TPSA) is 19.0 Å². The predicted octanol–water partition coefficient (Wildman–Crippen LogP) is 4.07. The number of pyridine rings is 1. The van der Waals surface area contributed by atoms with E-state index in [-0.39, 0.29) is 0 Å². The van der Waals surface area contributed by atoms with Gasteiger partial charge in [-0.1, -0.05) is 38.0 Å². The minimum absolute atomic E-state index is 0.599. The van der Waals surface area contributed by atoms with Crippen LogP contribution in [0, 0.1) is 4.64 Å². The largest absolute Gasteiger partial charge is 0.353 e. The second-order valence-corrected chi connectivity index (χ2v) is 5.33. The highest BCUT2D eigenvalue weighted by Gasteiger charge is 2.23. The Bertz CT molecular complexity index is 379. The molecule has 0 aliphatic carbocycles. The lowest BCUT2D eigenvalue weighted by Gasteiger charge is -2.36. The number of unbranched alkanes of at least 4 members (excludes halogenated alkanes) is 1. The van der Waals surface area contributed by atoms with Gasteiger partial charge in [-0.2, -0.15) is 0 Å². The summed E-state index contributed by atoms with van der Waals surface area (Å²) < 4.78 is 0.824. The van der Waals surface area contributed by atoms with Crippen LogP contribution in [0.3, 0.4) is 0 Å². The van der Waals surface area contributed by atoms with Gasteiger partial charge >= 0.3 is 0 Å². The minimum atomic E-state index is 0.599. The number of nitrogens with one attached hydrogen (secondary N) is 1. The zero-order valence-electron chi connectivity index (χ0n) is 10.6. The van der Waals surface area contributed by atoms with E-state index in [9.17, 15) is 0 Å². The molecule has 1 aliphatic heterocycles. The summed E-state index contributed by atoms with van der Waals surface area (Å²) in [6.07, 6.45) is 8.66. The Morgan fingerprint density at radius 2 is 2.29 bits per heavy atom. The maximum absolute atomic E-state index is 5.10. The molecule has 1 aliphatic rings. The van der Waals surface area contributed by atoms with Crippen LogP contribution < -0.4 is 0 Å². The molecule has 0 aromatic carbocycles. The molecule has 0 saturated carbocycles. The first kappa shape index (κ1) is 12.8. The van der Waals surface area contributed by atoms with Gasteiger partial charge in [0.15, 0.2) is 0 Å². The Morgan fingerprint density at radius 1 is 1.41 bits per heavy atom. The Balaban J connectivity index is 2.09. The highest BCUT2D eigenvalue weighted by molar-refractivity contribution is 7.71. The van der Waals surface area contributed by atoms with Crippen LogP contribution in [0.5, 0.6) is 0 Å². The number of piperidine rings is 1. The second-order valence-electron chi connectivity index (χ2n) is 4.89. The van der Waals surface area contributed by atoms with Gasteiger partial charge in [-0.3, -0.25) is 4.90 Å². The van der Waals surface area contributed by atoms with Gasteiger partial charge in [0.1, 0.15) is 4.64 Å². The maximum Gasteiger partial charge on any atom is 0.103 e. The molecule has 1 N–H and O–H groups in total. The number of nitrogens with zero attached hydrogens (tertiary/aromatic N) is 1. The van der Waals surface area contributed by atoms with Crippen molar-refractivity contribution >= 4 is 12.2 Å². The van der Waals surface area contributed by atoms with Crippen LogP contribution in [0.1, 0.15) is 50.6 Å². The van der Waals surface area contributed by atoms with Gasteiger partial charge in [0.2, 0.25) is 0 Å². The predicted molar refractivity (Wildman–Crippen MR) is 74.7 cm³/mol. The molecule has 2 heterocycles. The Kier molecular flexibility index (Phi) is 4.75. The zero-order chi connectivity index (χ0) is 12.1. The average molecular weight is 250 g/mol. The quantitative estimate of drug-likeness (QED) is 0.812. The minimum Gasteiger partial charge on any atom is -0.353 e. The lowest BCUT2D eigenvalue weighted by Crippen LogP contribution is -2.34. The number of hydrogen-bond donors (Lipinski definition) is 1. The van der Waals surface area contributed by atoms with Gasteiger partial charge in [0, 0.05) is 12.2 Å². The van der Waals surface area contributed by atoms with E-state index in [1.54, 1.807) is 0 Å². The zero-order valence-corrected chi connectivity index (χ0v) is 11.4. The average Bonchev–Trinajstić information content (AvgIpc) is 2.38. The summed E-state index contributed by atoms with van der Waals surface area (Å²) in [7, 11) is 0. The first-order chi connectivity index (χ1) is 8.31. The van der Waals surface area contributed by atoms with Crippen molar-refractivity contribution in [2.45, 2.75) is 45.1 Å². The number of aromatic nitrogens is 1. The van der Waals surface area contributed by atoms with Crippen molar-refractivity contribution in [3.8, 4) is 0 Å². The number of likely N-dealkylation sites (tertiary alicyclic amines) is 1. The monoisotopic (exact) mass is 250 g/mol. The molecular weight excluding hydrogens is 228 g/mol. The van der Waals surface area contributed by atoms with Crippen LogP contribution in [-0.4, -0.2) is 23.0 Å². The number of rotatable bonds is 4. The molecular formula is C14H22N2S. The smallest absolute Gasteiger partial charge is 0.103 e. The molecule has 0 amide bonds. The number of hydrogen-bond acceptors (Lipinski definition) is 2. The van der Waals surface area contributed by atoms with E-state index in [0.717, 1.165) is 4.64 Å². The normalized spacial score (nSPS) is 21.6. The summed E-state index contributed by atoms with van der Waals surface area (Å²) in [5.74, 6) is 0. The maximum atomic E-state index is 5.10. The third-order valence-electron chi connectivity index (χ3n) is 3.61. The van der Waals surface area contributed by atoms with E-state index in [0.29, 0.717) is 6.04 Å². The summed E-state index contributed by atoms with van der Waals surface area (Å²) in [5, 5.41) is 0. The van der Waals surface area contributed by atoms with Gasteiger partial charge in [-0.15, -0.1) is 0 Å². The molecule has 2 nitrogen and oxygen atoms in total. The van der Waals surface area contributed by atoms with Gasteiger partial charge < -0.3 is 4.98 Å². The van der Waals surface area contributed by atoms with Gasteiger partial charge in [0.05, 0.1) is 0 Å².